The van der Waals surface area contributed by atoms with Gasteiger partial charge in [-0.2, -0.15) is 0 Å². The highest BCUT2D eigenvalue weighted by atomic mass is 35.5. The second-order valence-corrected chi connectivity index (χ2v) is 6.85. The predicted octanol–water partition coefficient (Wildman–Crippen LogP) is 4.20. The van der Waals surface area contributed by atoms with Crippen LogP contribution in [0.5, 0.6) is 17.2 Å². The van der Waals surface area contributed by atoms with Crippen molar-refractivity contribution in [1.82, 2.24) is 4.90 Å². The van der Waals surface area contributed by atoms with Gasteiger partial charge in [-0.1, -0.05) is 17.7 Å². The Morgan fingerprint density at radius 2 is 1.85 bits per heavy atom. The minimum atomic E-state index is -0.184. The first-order valence-electron chi connectivity index (χ1n) is 9.14. The lowest BCUT2D eigenvalue weighted by Gasteiger charge is -2.29. The molecule has 2 aromatic carbocycles. The minimum absolute atomic E-state index is 0.184. The van der Waals surface area contributed by atoms with Gasteiger partial charge in [-0.25, -0.2) is 0 Å². The summed E-state index contributed by atoms with van der Waals surface area (Å²) in [5.41, 5.74) is 0.963. The van der Waals surface area contributed by atoms with E-state index in [1.54, 1.807) is 14.2 Å². The van der Waals surface area contributed by atoms with Crippen molar-refractivity contribution in [3.05, 3.63) is 53.1 Å². The molecule has 2 aromatic rings. The quantitative estimate of drug-likeness (QED) is 0.674. The molecular formula is C21H26ClNO4. The van der Waals surface area contributed by atoms with E-state index in [2.05, 4.69) is 4.90 Å². The summed E-state index contributed by atoms with van der Waals surface area (Å²) in [5, 5.41) is 0.650. The summed E-state index contributed by atoms with van der Waals surface area (Å²) in [4.78, 5) is 2.39. The van der Waals surface area contributed by atoms with Gasteiger partial charge in [0, 0.05) is 36.6 Å². The third kappa shape index (κ3) is 5.51. The fraction of sp³-hybridized carbons (Fsp3) is 0.429. The molecule has 27 heavy (non-hydrogen) atoms. The average molecular weight is 392 g/mol. The second kappa shape index (κ2) is 9.83. The standard InChI is InChI=1S/C21H26ClNO4/c1-24-17-6-7-20(25-2)19(15-17)21(8-9-23-10-12-26-13-11-23)27-18-5-3-4-16(22)14-18/h3-7,14-15,21H,8-13H2,1-2H3. The highest BCUT2D eigenvalue weighted by Crippen LogP contribution is 2.35. The summed E-state index contributed by atoms with van der Waals surface area (Å²) in [6.07, 6.45) is 0.632. The molecule has 0 aliphatic carbocycles. The highest BCUT2D eigenvalue weighted by Gasteiger charge is 2.21. The van der Waals surface area contributed by atoms with Gasteiger partial charge in [0.25, 0.3) is 0 Å². The molecule has 1 heterocycles. The Bertz CT molecular complexity index is 734. The molecule has 6 heteroatoms. The van der Waals surface area contributed by atoms with Gasteiger partial charge in [-0.3, -0.25) is 4.90 Å². The smallest absolute Gasteiger partial charge is 0.129 e. The number of methoxy groups -OCH3 is 2. The second-order valence-electron chi connectivity index (χ2n) is 6.41. The summed E-state index contributed by atoms with van der Waals surface area (Å²) >= 11 is 6.13. The fourth-order valence-electron chi connectivity index (χ4n) is 3.20. The summed E-state index contributed by atoms with van der Waals surface area (Å²) in [7, 11) is 3.33. The lowest BCUT2D eigenvalue weighted by molar-refractivity contribution is 0.0316. The molecule has 1 fully saturated rings. The molecule has 1 aliphatic rings. The van der Waals surface area contributed by atoms with E-state index in [-0.39, 0.29) is 6.10 Å². The van der Waals surface area contributed by atoms with Crippen LogP contribution < -0.4 is 14.2 Å². The van der Waals surface area contributed by atoms with Crippen LogP contribution in [0.15, 0.2) is 42.5 Å². The topological polar surface area (TPSA) is 40.2 Å². The van der Waals surface area contributed by atoms with Gasteiger partial charge >= 0.3 is 0 Å². The molecule has 5 nitrogen and oxygen atoms in total. The first-order valence-corrected chi connectivity index (χ1v) is 9.51. The maximum Gasteiger partial charge on any atom is 0.129 e. The lowest BCUT2D eigenvalue weighted by Crippen LogP contribution is -2.37. The van der Waals surface area contributed by atoms with Crippen LogP contribution in [-0.4, -0.2) is 52.0 Å². The molecule has 1 atom stereocenters. The molecule has 0 amide bonds. The van der Waals surface area contributed by atoms with Crippen molar-refractivity contribution in [3.8, 4) is 17.2 Å². The summed E-state index contributed by atoms with van der Waals surface area (Å²) in [5.74, 6) is 2.29. The van der Waals surface area contributed by atoms with Gasteiger partial charge < -0.3 is 18.9 Å². The number of benzene rings is 2. The zero-order chi connectivity index (χ0) is 19.1. The van der Waals surface area contributed by atoms with Crippen molar-refractivity contribution in [1.29, 1.82) is 0 Å². The average Bonchev–Trinajstić information content (AvgIpc) is 2.71. The molecular weight excluding hydrogens is 366 g/mol. The van der Waals surface area contributed by atoms with Gasteiger partial charge in [0.05, 0.1) is 27.4 Å². The first kappa shape index (κ1) is 19.8. The number of hydrogen-bond acceptors (Lipinski definition) is 5. The Morgan fingerprint density at radius 3 is 2.56 bits per heavy atom. The Balaban J connectivity index is 1.84. The van der Waals surface area contributed by atoms with E-state index in [0.29, 0.717) is 5.02 Å². The van der Waals surface area contributed by atoms with Crippen molar-refractivity contribution in [2.75, 3.05) is 47.1 Å². The summed E-state index contributed by atoms with van der Waals surface area (Å²) in [6, 6.07) is 13.3. The number of ether oxygens (including phenoxy) is 4. The molecule has 0 N–H and O–H groups in total. The maximum atomic E-state index is 6.34. The summed E-state index contributed by atoms with van der Waals surface area (Å²) in [6.45, 7) is 4.36. The van der Waals surface area contributed by atoms with Crippen LogP contribution in [0.3, 0.4) is 0 Å². The molecule has 0 aromatic heterocycles. The fourth-order valence-corrected chi connectivity index (χ4v) is 3.38. The van der Waals surface area contributed by atoms with E-state index in [4.69, 9.17) is 30.5 Å². The lowest BCUT2D eigenvalue weighted by atomic mass is 10.0. The van der Waals surface area contributed by atoms with Crippen molar-refractivity contribution < 1.29 is 18.9 Å². The van der Waals surface area contributed by atoms with E-state index in [1.807, 2.05) is 42.5 Å². The van der Waals surface area contributed by atoms with Crippen LogP contribution in [0.4, 0.5) is 0 Å². The molecule has 3 rings (SSSR count). The molecule has 0 radical (unpaired) electrons. The van der Waals surface area contributed by atoms with E-state index in [9.17, 15) is 0 Å². The number of nitrogens with zero attached hydrogens (tertiary/aromatic N) is 1. The number of rotatable bonds is 8. The van der Waals surface area contributed by atoms with Crippen LogP contribution in [0.2, 0.25) is 5.02 Å². The van der Waals surface area contributed by atoms with E-state index >= 15 is 0 Å². The van der Waals surface area contributed by atoms with E-state index in [0.717, 1.165) is 62.1 Å². The zero-order valence-electron chi connectivity index (χ0n) is 15.8. The minimum Gasteiger partial charge on any atom is -0.497 e. The third-order valence-electron chi connectivity index (χ3n) is 4.67. The van der Waals surface area contributed by atoms with Crippen LogP contribution >= 0.6 is 11.6 Å². The molecule has 1 saturated heterocycles. The van der Waals surface area contributed by atoms with Gasteiger partial charge in [0.1, 0.15) is 23.4 Å². The van der Waals surface area contributed by atoms with Crippen molar-refractivity contribution in [2.45, 2.75) is 12.5 Å². The molecule has 0 spiro atoms. The molecule has 1 unspecified atom stereocenters. The number of halogens is 1. The molecule has 0 bridgehead atoms. The Morgan fingerprint density at radius 1 is 1.04 bits per heavy atom. The molecule has 1 aliphatic heterocycles. The van der Waals surface area contributed by atoms with Crippen molar-refractivity contribution >= 4 is 11.6 Å². The van der Waals surface area contributed by atoms with Crippen LogP contribution in [-0.2, 0) is 4.74 Å². The number of hydrogen-bond donors (Lipinski definition) is 0. The van der Waals surface area contributed by atoms with Crippen LogP contribution in [0.1, 0.15) is 18.1 Å². The monoisotopic (exact) mass is 391 g/mol. The van der Waals surface area contributed by atoms with Crippen LogP contribution in [0.25, 0.3) is 0 Å². The zero-order valence-corrected chi connectivity index (χ0v) is 16.6. The van der Waals surface area contributed by atoms with Gasteiger partial charge in [-0.15, -0.1) is 0 Å². The maximum absolute atomic E-state index is 6.34. The van der Waals surface area contributed by atoms with E-state index < -0.39 is 0 Å². The first-order chi connectivity index (χ1) is 13.2. The van der Waals surface area contributed by atoms with Gasteiger partial charge in [0.15, 0.2) is 0 Å². The largest absolute Gasteiger partial charge is 0.497 e. The van der Waals surface area contributed by atoms with Gasteiger partial charge in [-0.05, 0) is 36.4 Å². The third-order valence-corrected chi connectivity index (χ3v) is 4.90. The Hall–Kier alpha value is -1.95. The summed E-state index contributed by atoms with van der Waals surface area (Å²) < 4.78 is 22.8. The molecule has 0 saturated carbocycles. The molecule has 146 valence electrons. The Labute approximate surface area is 165 Å². The van der Waals surface area contributed by atoms with Crippen molar-refractivity contribution in [2.24, 2.45) is 0 Å². The van der Waals surface area contributed by atoms with Crippen molar-refractivity contribution in [3.63, 3.8) is 0 Å². The SMILES string of the molecule is COc1ccc(OC)c(C(CCN2CCOCC2)Oc2cccc(Cl)c2)c1. The van der Waals surface area contributed by atoms with E-state index in [1.165, 1.54) is 0 Å². The number of morpholine rings is 1. The normalized spacial score (nSPS) is 16.0. The Kier molecular flexibility index (Phi) is 7.21. The van der Waals surface area contributed by atoms with Crippen LogP contribution in [0, 0.1) is 0 Å². The van der Waals surface area contributed by atoms with Gasteiger partial charge in [0.2, 0.25) is 0 Å². The predicted molar refractivity (Wildman–Crippen MR) is 106 cm³/mol. The highest BCUT2D eigenvalue weighted by molar-refractivity contribution is 6.30.